The van der Waals surface area contributed by atoms with Crippen LogP contribution in [0.1, 0.15) is 38.1 Å². The van der Waals surface area contributed by atoms with Gasteiger partial charge in [-0.1, -0.05) is 13.5 Å². The molecule has 108 valence electrons. The Morgan fingerprint density at radius 1 is 1.52 bits per heavy atom. The lowest BCUT2D eigenvalue weighted by molar-refractivity contribution is -0.132. The van der Waals surface area contributed by atoms with E-state index in [4.69, 9.17) is 0 Å². The number of aryl methyl sites for hydroxylation is 1. The van der Waals surface area contributed by atoms with E-state index in [2.05, 4.69) is 22.2 Å². The lowest BCUT2D eigenvalue weighted by Gasteiger charge is -2.03. The Hall–Kier alpha value is -2.36. The zero-order valence-corrected chi connectivity index (χ0v) is 12.3. The summed E-state index contributed by atoms with van der Waals surface area (Å²) < 4.78 is 2.19. The van der Waals surface area contributed by atoms with Crippen molar-refractivity contribution in [2.75, 3.05) is 0 Å². The van der Waals surface area contributed by atoms with E-state index in [0.717, 1.165) is 46.4 Å². The summed E-state index contributed by atoms with van der Waals surface area (Å²) in [5, 5.41) is 10.4. The number of nitrogens with zero attached hydrogens (tertiary/aromatic N) is 2. The summed E-state index contributed by atoms with van der Waals surface area (Å²) in [7, 11) is 0. The second-order valence-electron chi connectivity index (χ2n) is 5.42. The zero-order valence-electron chi connectivity index (χ0n) is 12.3. The van der Waals surface area contributed by atoms with Crippen molar-refractivity contribution in [1.29, 1.82) is 0 Å². The van der Waals surface area contributed by atoms with Crippen molar-refractivity contribution >= 4 is 28.0 Å². The molecule has 0 atom stereocenters. The molecule has 4 nitrogen and oxygen atoms in total. The molecule has 0 aliphatic carbocycles. The van der Waals surface area contributed by atoms with E-state index in [-0.39, 0.29) is 0 Å². The summed E-state index contributed by atoms with van der Waals surface area (Å²) in [5.41, 5.74) is 5.40. The second-order valence-corrected chi connectivity index (χ2v) is 5.42. The van der Waals surface area contributed by atoms with Crippen molar-refractivity contribution < 1.29 is 9.90 Å². The number of allylic oxidation sites excluding steroid dienone is 2. The second kappa shape index (κ2) is 4.88. The van der Waals surface area contributed by atoms with E-state index in [9.17, 15) is 9.90 Å². The van der Waals surface area contributed by atoms with Crippen LogP contribution in [0.5, 0.6) is 0 Å². The van der Waals surface area contributed by atoms with Crippen LogP contribution in [-0.2, 0) is 11.3 Å². The van der Waals surface area contributed by atoms with Crippen molar-refractivity contribution in [3.8, 4) is 0 Å². The van der Waals surface area contributed by atoms with Crippen molar-refractivity contribution in [1.82, 2.24) is 9.55 Å². The molecule has 0 amide bonds. The normalized spacial score (nSPS) is 16.1. The van der Waals surface area contributed by atoms with Crippen molar-refractivity contribution in [3.63, 3.8) is 0 Å². The lowest BCUT2D eigenvalue weighted by Crippen LogP contribution is -2.02. The molecule has 1 aliphatic heterocycles. The van der Waals surface area contributed by atoms with E-state index < -0.39 is 5.97 Å². The first-order chi connectivity index (χ1) is 10.0. The number of rotatable bonds is 3. The zero-order chi connectivity index (χ0) is 15.1. The molecule has 2 aromatic heterocycles. The highest BCUT2D eigenvalue weighted by molar-refractivity contribution is 6.00. The van der Waals surface area contributed by atoms with Gasteiger partial charge in [-0.3, -0.25) is 4.98 Å². The molecule has 1 N–H and O–H groups in total. The van der Waals surface area contributed by atoms with Crippen LogP contribution in [-0.4, -0.2) is 20.6 Å². The molecule has 0 radical (unpaired) electrons. The van der Waals surface area contributed by atoms with E-state index in [1.165, 1.54) is 0 Å². The number of aliphatic carboxylic acids is 1. The average Bonchev–Trinajstić information content (AvgIpc) is 2.98. The SMILES string of the molecule is C=C(C)c1nccc2c1cc1n2CCC1=C(CC)C(=O)O. The van der Waals surface area contributed by atoms with E-state index in [1.54, 1.807) is 6.20 Å². The maximum absolute atomic E-state index is 11.4. The van der Waals surface area contributed by atoms with Crippen LogP contribution < -0.4 is 0 Å². The fraction of sp³-hybridized carbons (Fsp3) is 0.294. The monoisotopic (exact) mass is 282 g/mol. The third-order valence-electron chi connectivity index (χ3n) is 4.10. The summed E-state index contributed by atoms with van der Waals surface area (Å²) >= 11 is 0. The van der Waals surface area contributed by atoms with Crippen LogP contribution >= 0.6 is 0 Å². The van der Waals surface area contributed by atoms with Crippen LogP contribution in [0.25, 0.3) is 22.0 Å². The molecular weight excluding hydrogens is 264 g/mol. The van der Waals surface area contributed by atoms with Gasteiger partial charge in [-0.2, -0.15) is 0 Å². The summed E-state index contributed by atoms with van der Waals surface area (Å²) in [6.45, 7) is 8.63. The van der Waals surface area contributed by atoms with Gasteiger partial charge in [-0.05, 0) is 43.0 Å². The van der Waals surface area contributed by atoms with E-state index in [0.29, 0.717) is 12.0 Å². The molecule has 2 aromatic rings. The third kappa shape index (κ3) is 1.98. The Morgan fingerprint density at radius 2 is 2.29 bits per heavy atom. The standard InChI is InChI=1S/C17H18N2O2/c1-4-11(17(20)21)12-6-8-19-14-5-7-18-16(10(2)3)13(14)9-15(12)19/h5,7,9H,2,4,6,8H2,1,3H3,(H,20,21). The Balaban J connectivity index is 2.30. The van der Waals surface area contributed by atoms with Crippen LogP contribution in [0.2, 0.25) is 0 Å². The molecule has 0 bridgehead atoms. The van der Waals surface area contributed by atoms with Gasteiger partial charge in [0.1, 0.15) is 0 Å². The highest BCUT2D eigenvalue weighted by atomic mass is 16.4. The number of carboxylic acids is 1. The molecule has 0 saturated carbocycles. The van der Waals surface area contributed by atoms with Gasteiger partial charge in [0.05, 0.1) is 11.2 Å². The average molecular weight is 282 g/mol. The van der Waals surface area contributed by atoms with E-state index in [1.807, 2.05) is 19.9 Å². The molecule has 0 saturated heterocycles. The van der Waals surface area contributed by atoms with Crippen molar-refractivity contribution in [3.05, 3.63) is 41.9 Å². The summed E-state index contributed by atoms with van der Waals surface area (Å²) in [5.74, 6) is -0.815. The molecule has 0 unspecified atom stereocenters. The Kier molecular flexibility index (Phi) is 3.16. The van der Waals surface area contributed by atoms with Gasteiger partial charge >= 0.3 is 5.97 Å². The maximum atomic E-state index is 11.4. The minimum Gasteiger partial charge on any atom is -0.478 e. The van der Waals surface area contributed by atoms with Crippen molar-refractivity contribution in [2.45, 2.75) is 33.2 Å². The molecule has 0 fully saturated rings. The van der Waals surface area contributed by atoms with Gasteiger partial charge in [-0.25, -0.2) is 4.79 Å². The summed E-state index contributed by atoms with van der Waals surface area (Å²) in [6.07, 6.45) is 3.11. The number of fused-ring (bicyclic) bond motifs is 3. The highest BCUT2D eigenvalue weighted by Crippen LogP contribution is 2.37. The van der Waals surface area contributed by atoms with Gasteiger partial charge in [0.15, 0.2) is 0 Å². The molecule has 3 rings (SSSR count). The number of hydrogen-bond donors (Lipinski definition) is 1. The van der Waals surface area contributed by atoms with Crippen LogP contribution in [0.3, 0.4) is 0 Å². The van der Waals surface area contributed by atoms with Crippen LogP contribution in [0.4, 0.5) is 0 Å². The molecule has 0 spiro atoms. The quantitative estimate of drug-likeness (QED) is 0.873. The number of aromatic nitrogens is 2. The summed E-state index contributed by atoms with van der Waals surface area (Å²) in [4.78, 5) is 15.8. The van der Waals surface area contributed by atoms with Gasteiger partial charge < -0.3 is 9.67 Å². The minimum atomic E-state index is -0.815. The van der Waals surface area contributed by atoms with Crippen LogP contribution in [0, 0.1) is 0 Å². The van der Waals surface area contributed by atoms with Gasteiger partial charge in [0.25, 0.3) is 0 Å². The predicted molar refractivity (Wildman–Crippen MR) is 83.9 cm³/mol. The molecule has 21 heavy (non-hydrogen) atoms. The minimum absolute atomic E-state index is 0.515. The van der Waals surface area contributed by atoms with Gasteiger partial charge in [0, 0.05) is 29.4 Å². The topological polar surface area (TPSA) is 55.1 Å². The fourth-order valence-corrected chi connectivity index (χ4v) is 3.17. The number of carbonyl (C=O) groups is 1. The van der Waals surface area contributed by atoms with Gasteiger partial charge in [-0.15, -0.1) is 0 Å². The third-order valence-corrected chi connectivity index (χ3v) is 4.10. The lowest BCUT2D eigenvalue weighted by atomic mass is 10.0. The first-order valence-corrected chi connectivity index (χ1v) is 7.14. The molecule has 3 heterocycles. The summed E-state index contributed by atoms with van der Waals surface area (Å²) in [6, 6.07) is 4.05. The molecular formula is C17H18N2O2. The highest BCUT2D eigenvalue weighted by Gasteiger charge is 2.25. The predicted octanol–water partition coefficient (Wildman–Crippen LogP) is 3.72. The van der Waals surface area contributed by atoms with Crippen molar-refractivity contribution in [2.24, 2.45) is 0 Å². The fourth-order valence-electron chi connectivity index (χ4n) is 3.17. The van der Waals surface area contributed by atoms with Gasteiger partial charge in [0.2, 0.25) is 0 Å². The molecule has 4 heteroatoms. The Bertz CT molecular complexity index is 796. The molecule has 0 aromatic carbocycles. The first-order valence-electron chi connectivity index (χ1n) is 7.14. The smallest absolute Gasteiger partial charge is 0.331 e. The number of carboxylic acid groups (broad SMARTS) is 1. The number of pyridine rings is 1. The molecule has 1 aliphatic rings. The maximum Gasteiger partial charge on any atom is 0.331 e. The number of hydrogen-bond acceptors (Lipinski definition) is 2. The largest absolute Gasteiger partial charge is 0.478 e. The Morgan fingerprint density at radius 3 is 2.90 bits per heavy atom. The first kappa shape index (κ1) is 13.6. The van der Waals surface area contributed by atoms with Crippen LogP contribution in [0.15, 0.2) is 30.5 Å². The Labute approximate surface area is 123 Å². The van der Waals surface area contributed by atoms with E-state index >= 15 is 0 Å².